The van der Waals surface area contributed by atoms with Crippen molar-refractivity contribution in [3.63, 3.8) is 0 Å². The van der Waals surface area contributed by atoms with Gasteiger partial charge in [0.05, 0.1) is 19.0 Å². The summed E-state index contributed by atoms with van der Waals surface area (Å²) in [4.78, 5) is 0. The van der Waals surface area contributed by atoms with Crippen LogP contribution in [0.15, 0.2) is 0 Å². The molecular formula is C6H13FO3S. The molecule has 0 fully saturated rings. The van der Waals surface area contributed by atoms with Crippen molar-refractivity contribution >= 4 is 10.1 Å². The van der Waals surface area contributed by atoms with E-state index in [2.05, 4.69) is 4.18 Å². The molecule has 0 aliphatic carbocycles. The second-order valence-electron chi connectivity index (χ2n) is 2.45. The quantitative estimate of drug-likeness (QED) is 0.474. The Hall–Kier alpha value is -0.160. The van der Waals surface area contributed by atoms with Gasteiger partial charge in [-0.3, -0.25) is 4.18 Å². The monoisotopic (exact) mass is 184 g/mol. The van der Waals surface area contributed by atoms with Crippen LogP contribution < -0.4 is 0 Å². The molecule has 1 unspecified atom stereocenters. The van der Waals surface area contributed by atoms with Gasteiger partial charge in [-0.05, 0) is 19.8 Å². The summed E-state index contributed by atoms with van der Waals surface area (Å²) in [7, 11) is -3.34. The van der Waals surface area contributed by atoms with Crippen molar-refractivity contribution in [3.05, 3.63) is 0 Å². The Bertz CT molecular complexity index is 186. The van der Waals surface area contributed by atoms with E-state index in [4.69, 9.17) is 0 Å². The normalized spacial score (nSPS) is 14.8. The molecule has 68 valence electrons. The zero-order valence-electron chi connectivity index (χ0n) is 6.71. The highest BCUT2D eigenvalue weighted by atomic mass is 32.2. The first-order chi connectivity index (χ1) is 4.92. The lowest BCUT2D eigenvalue weighted by molar-refractivity contribution is 0.273. The van der Waals surface area contributed by atoms with E-state index in [9.17, 15) is 12.8 Å². The fourth-order valence-corrected chi connectivity index (χ4v) is 0.996. The predicted octanol–water partition coefficient (Wildman–Crippen LogP) is 1.10. The first kappa shape index (κ1) is 10.8. The van der Waals surface area contributed by atoms with Crippen LogP contribution in [0, 0.1) is 0 Å². The Morgan fingerprint density at radius 3 is 2.45 bits per heavy atom. The Labute approximate surface area is 66.7 Å². The molecule has 0 rings (SSSR count). The van der Waals surface area contributed by atoms with Gasteiger partial charge in [0.1, 0.15) is 0 Å². The molecule has 0 spiro atoms. The summed E-state index contributed by atoms with van der Waals surface area (Å²) in [6, 6.07) is 0. The largest absolute Gasteiger partial charge is 0.270 e. The van der Waals surface area contributed by atoms with Crippen molar-refractivity contribution < 1.29 is 17.0 Å². The van der Waals surface area contributed by atoms with Crippen LogP contribution >= 0.6 is 0 Å². The molecule has 0 aromatic carbocycles. The summed E-state index contributed by atoms with van der Waals surface area (Å²) in [5.74, 6) is 0. The van der Waals surface area contributed by atoms with Gasteiger partial charge in [0, 0.05) is 0 Å². The summed E-state index contributed by atoms with van der Waals surface area (Å²) in [6.07, 6.45) is 0.865. The lowest BCUT2D eigenvalue weighted by Crippen LogP contribution is -2.05. The zero-order valence-corrected chi connectivity index (χ0v) is 7.53. The van der Waals surface area contributed by atoms with E-state index in [-0.39, 0.29) is 6.61 Å². The second-order valence-corrected chi connectivity index (χ2v) is 4.09. The predicted molar refractivity (Wildman–Crippen MR) is 40.6 cm³/mol. The van der Waals surface area contributed by atoms with Crippen LogP contribution in [0.2, 0.25) is 0 Å². The van der Waals surface area contributed by atoms with Crippen molar-refractivity contribution in [2.75, 3.05) is 12.9 Å². The van der Waals surface area contributed by atoms with E-state index in [0.29, 0.717) is 12.8 Å². The third-order valence-electron chi connectivity index (χ3n) is 1.04. The number of halogens is 1. The molecule has 1 atom stereocenters. The molecule has 0 aromatic heterocycles. The highest BCUT2D eigenvalue weighted by molar-refractivity contribution is 7.85. The number of rotatable bonds is 5. The van der Waals surface area contributed by atoms with E-state index < -0.39 is 16.3 Å². The summed E-state index contributed by atoms with van der Waals surface area (Å²) >= 11 is 0. The zero-order chi connectivity index (χ0) is 8.91. The van der Waals surface area contributed by atoms with Crippen LogP contribution in [0.25, 0.3) is 0 Å². The number of hydrogen-bond donors (Lipinski definition) is 0. The number of hydrogen-bond acceptors (Lipinski definition) is 3. The van der Waals surface area contributed by atoms with Gasteiger partial charge in [-0.2, -0.15) is 8.42 Å². The van der Waals surface area contributed by atoms with Crippen molar-refractivity contribution in [3.8, 4) is 0 Å². The maximum Gasteiger partial charge on any atom is 0.264 e. The Balaban J connectivity index is 3.30. The molecule has 0 aromatic rings. The fraction of sp³-hybridized carbons (Fsp3) is 1.00. The van der Waals surface area contributed by atoms with Crippen LogP contribution in [0.4, 0.5) is 4.39 Å². The first-order valence-corrected chi connectivity index (χ1v) is 5.22. The molecule has 5 heteroatoms. The highest BCUT2D eigenvalue weighted by Gasteiger charge is 2.02. The minimum absolute atomic E-state index is 0.0765. The third kappa shape index (κ3) is 9.84. The maximum absolute atomic E-state index is 12.1. The van der Waals surface area contributed by atoms with E-state index in [1.807, 2.05) is 0 Å². The molecular weight excluding hydrogens is 171 g/mol. The SMILES string of the molecule is CC(F)CCCOS(C)(=O)=O. The van der Waals surface area contributed by atoms with Gasteiger partial charge < -0.3 is 0 Å². The average Bonchev–Trinajstić information content (AvgIpc) is 1.78. The van der Waals surface area contributed by atoms with Crippen LogP contribution in [0.1, 0.15) is 19.8 Å². The van der Waals surface area contributed by atoms with Gasteiger partial charge in [-0.15, -0.1) is 0 Å². The molecule has 0 saturated heterocycles. The second kappa shape index (κ2) is 4.66. The third-order valence-corrected chi connectivity index (χ3v) is 1.64. The van der Waals surface area contributed by atoms with Crippen LogP contribution in [-0.4, -0.2) is 27.5 Å². The average molecular weight is 184 g/mol. The lowest BCUT2D eigenvalue weighted by atomic mass is 10.2. The van der Waals surface area contributed by atoms with Gasteiger partial charge in [0.15, 0.2) is 0 Å². The van der Waals surface area contributed by atoms with E-state index in [1.54, 1.807) is 0 Å². The summed E-state index contributed by atoms with van der Waals surface area (Å²) in [5, 5.41) is 0. The smallest absolute Gasteiger partial charge is 0.264 e. The van der Waals surface area contributed by atoms with E-state index >= 15 is 0 Å². The Kier molecular flexibility index (Phi) is 4.60. The molecule has 0 radical (unpaired) electrons. The standard InChI is InChI=1S/C6H13FO3S/c1-6(7)4-3-5-10-11(2,8)9/h6H,3-5H2,1-2H3. The van der Waals surface area contributed by atoms with Gasteiger partial charge in [0.25, 0.3) is 10.1 Å². The molecule has 0 aliphatic heterocycles. The molecule has 3 nitrogen and oxygen atoms in total. The maximum atomic E-state index is 12.1. The minimum atomic E-state index is -3.34. The Morgan fingerprint density at radius 2 is 2.09 bits per heavy atom. The Morgan fingerprint density at radius 1 is 1.55 bits per heavy atom. The van der Waals surface area contributed by atoms with Crippen LogP contribution in [0.3, 0.4) is 0 Å². The van der Waals surface area contributed by atoms with Crippen molar-refractivity contribution in [1.82, 2.24) is 0 Å². The van der Waals surface area contributed by atoms with Crippen molar-refractivity contribution in [2.24, 2.45) is 0 Å². The van der Waals surface area contributed by atoms with Gasteiger partial charge in [-0.1, -0.05) is 0 Å². The van der Waals surface area contributed by atoms with Crippen molar-refractivity contribution in [1.29, 1.82) is 0 Å². The molecule has 11 heavy (non-hydrogen) atoms. The number of alkyl halides is 1. The molecule has 0 aliphatic rings. The van der Waals surface area contributed by atoms with Gasteiger partial charge in [0.2, 0.25) is 0 Å². The molecule has 0 amide bonds. The van der Waals surface area contributed by atoms with E-state index in [0.717, 1.165) is 6.26 Å². The van der Waals surface area contributed by atoms with Crippen LogP contribution in [0.5, 0.6) is 0 Å². The highest BCUT2D eigenvalue weighted by Crippen LogP contribution is 2.01. The van der Waals surface area contributed by atoms with Crippen LogP contribution in [-0.2, 0) is 14.3 Å². The van der Waals surface area contributed by atoms with Gasteiger partial charge >= 0.3 is 0 Å². The molecule has 0 N–H and O–H groups in total. The fourth-order valence-electron chi connectivity index (χ4n) is 0.575. The first-order valence-electron chi connectivity index (χ1n) is 3.40. The van der Waals surface area contributed by atoms with Crippen molar-refractivity contribution in [2.45, 2.75) is 25.9 Å². The molecule has 0 saturated carbocycles. The topological polar surface area (TPSA) is 43.4 Å². The summed E-state index contributed by atoms with van der Waals surface area (Å²) in [5.41, 5.74) is 0. The summed E-state index contributed by atoms with van der Waals surface area (Å²) in [6.45, 7) is 1.51. The van der Waals surface area contributed by atoms with Gasteiger partial charge in [-0.25, -0.2) is 4.39 Å². The molecule has 0 heterocycles. The summed E-state index contributed by atoms with van der Waals surface area (Å²) < 4.78 is 37.2. The molecule has 0 bridgehead atoms. The van der Waals surface area contributed by atoms with E-state index in [1.165, 1.54) is 6.92 Å². The lowest BCUT2D eigenvalue weighted by Gasteiger charge is -2.01. The minimum Gasteiger partial charge on any atom is -0.270 e.